The standard InChI is InChI=1S/C15H18N4O/c1-11(12-6-8-17-9-7-12)18-10-13-4-2-3-5-14(13)15(16)19-20/h2-9,11,18,20H,10H2,1H3,(H2,16,19)/t11-/m0/s1. The Morgan fingerprint density at radius 2 is 2.00 bits per heavy atom. The number of nitrogens with two attached hydrogens (primary N) is 1. The first-order valence-corrected chi connectivity index (χ1v) is 6.41. The molecule has 0 saturated carbocycles. The van der Waals surface area contributed by atoms with Crippen molar-refractivity contribution in [3.63, 3.8) is 0 Å². The zero-order chi connectivity index (χ0) is 14.4. The Morgan fingerprint density at radius 1 is 1.30 bits per heavy atom. The maximum Gasteiger partial charge on any atom is 0.170 e. The molecule has 0 aliphatic heterocycles. The number of amidine groups is 1. The summed E-state index contributed by atoms with van der Waals surface area (Å²) in [6.07, 6.45) is 3.55. The number of hydrogen-bond acceptors (Lipinski definition) is 4. The smallest absolute Gasteiger partial charge is 0.170 e. The van der Waals surface area contributed by atoms with E-state index in [-0.39, 0.29) is 11.9 Å². The van der Waals surface area contributed by atoms with Gasteiger partial charge in [-0.25, -0.2) is 0 Å². The molecule has 0 aliphatic rings. The normalized spacial score (nSPS) is 13.2. The Morgan fingerprint density at radius 3 is 2.70 bits per heavy atom. The van der Waals surface area contributed by atoms with Gasteiger partial charge in [-0.05, 0) is 30.2 Å². The maximum absolute atomic E-state index is 8.80. The van der Waals surface area contributed by atoms with Crippen LogP contribution >= 0.6 is 0 Å². The molecule has 0 saturated heterocycles. The third kappa shape index (κ3) is 3.33. The van der Waals surface area contributed by atoms with Crippen LogP contribution in [0.5, 0.6) is 0 Å². The highest BCUT2D eigenvalue weighted by Crippen LogP contribution is 2.13. The number of benzene rings is 1. The van der Waals surface area contributed by atoms with Crippen molar-refractivity contribution in [2.75, 3.05) is 0 Å². The number of nitrogens with one attached hydrogen (secondary N) is 1. The predicted molar refractivity (Wildman–Crippen MR) is 78.4 cm³/mol. The summed E-state index contributed by atoms with van der Waals surface area (Å²) in [4.78, 5) is 4.01. The number of hydrogen-bond donors (Lipinski definition) is 3. The minimum Gasteiger partial charge on any atom is -0.409 e. The number of rotatable bonds is 5. The van der Waals surface area contributed by atoms with Crippen LogP contribution in [0.2, 0.25) is 0 Å². The Bertz CT molecular complexity index is 583. The number of aromatic nitrogens is 1. The maximum atomic E-state index is 8.80. The monoisotopic (exact) mass is 270 g/mol. The van der Waals surface area contributed by atoms with Crippen LogP contribution in [-0.2, 0) is 6.54 Å². The summed E-state index contributed by atoms with van der Waals surface area (Å²) in [7, 11) is 0. The van der Waals surface area contributed by atoms with Crippen molar-refractivity contribution in [1.29, 1.82) is 0 Å². The van der Waals surface area contributed by atoms with Gasteiger partial charge in [-0.1, -0.05) is 29.4 Å². The first-order chi connectivity index (χ1) is 9.72. The van der Waals surface area contributed by atoms with Crippen molar-refractivity contribution in [1.82, 2.24) is 10.3 Å². The van der Waals surface area contributed by atoms with Gasteiger partial charge in [0.05, 0.1) is 0 Å². The summed E-state index contributed by atoms with van der Waals surface area (Å²) in [6.45, 7) is 2.72. The SMILES string of the molecule is C[C@H](NCc1ccccc1/C(N)=N/O)c1ccncc1. The molecule has 1 aromatic carbocycles. The van der Waals surface area contributed by atoms with E-state index in [1.54, 1.807) is 12.4 Å². The summed E-state index contributed by atoms with van der Waals surface area (Å²) >= 11 is 0. The molecule has 1 aromatic heterocycles. The van der Waals surface area contributed by atoms with Gasteiger partial charge in [-0.15, -0.1) is 0 Å². The van der Waals surface area contributed by atoms with Crippen molar-refractivity contribution in [2.24, 2.45) is 10.9 Å². The molecule has 5 heteroatoms. The quantitative estimate of drug-likeness (QED) is 0.336. The number of oxime groups is 1. The van der Waals surface area contributed by atoms with Gasteiger partial charge >= 0.3 is 0 Å². The van der Waals surface area contributed by atoms with Gasteiger partial charge in [0.2, 0.25) is 0 Å². The molecule has 2 aromatic rings. The van der Waals surface area contributed by atoms with Crippen molar-refractivity contribution < 1.29 is 5.21 Å². The molecule has 4 N–H and O–H groups in total. The second-order valence-electron chi connectivity index (χ2n) is 4.53. The second kappa shape index (κ2) is 6.68. The van der Waals surface area contributed by atoms with E-state index >= 15 is 0 Å². The molecule has 0 unspecified atom stereocenters. The zero-order valence-electron chi connectivity index (χ0n) is 11.3. The van der Waals surface area contributed by atoms with Crippen LogP contribution in [0, 0.1) is 0 Å². The minimum absolute atomic E-state index is 0.124. The molecule has 2 rings (SSSR count). The van der Waals surface area contributed by atoms with E-state index in [4.69, 9.17) is 10.9 Å². The Hall–Kier alpha value is -2.40. The van der Waals surface area contributed by atoms with Crippen LogP contribution in [-0.4, -0.2) is 16.0 Å². The van der Waals surface area contributed by atoms with Gasteiger partial charge in [0, 0.05) is 30.5 Å². The zero-order valence-corrected chi connectivity index (χ0v) is 11.3. The summed E-state index contributed by atoms with van der Waals surface area (Å²) in [5, 5.41) is 15.3. The van der Waals surface area contributed by atoms with Crippen LogP contribution in [0.15, 0.2) is 53.9 Å². The van der Waals surface area contributed by atoms with Gasteiger partial charge in [0.1, 0.15) is 0 Å². The largest absolute Gasteiger partial charge is 0.409 e. The van der Waals surface area contributed by atoms with E-state index < -0.39 is 0 Å². The first kappa shape index (κ1) is 14.0. The Labute approximate surface area is 118 Å². The van der Waals surface area contributed by atoms with E-state index in [0.717, 1.165) is 11.1 Å². The average molecular weight is 270 g/mol. The van der Waals surface area contributed by atoms with Gasteiger partial charge in [-0.3, -0.25) is 4.98 Å². The molecule has 104 valence electrons. The summed E-state index contributed by atoms with van der Waals surface area (Å²) in [6, 6.07) is 11.7. The van der Waals surface area contributed by atoms with Crippen molar-refractivity contribution in [3.05, 3.63) is 65.5 Å². The lowest BCUT2D eigenvalue weighted by molar-refractivity contribution is 0.318. The Kier molecular flexibility index (Phi) is 4.68. The second-order valence-corrected chi connectivity index (χ2v) is 4.53. The van der Waals surface area contributed by atoms with Crippen LogP contribution in [0.1, 0.15) is 29.7 Å². The minimum atomic E-state index is 0.124. The lowest BCUT2D eigenvalue weighted by atomic mass is 10.1. The number of pyridine rings is 1. The van der Waals surface area contributed by atoms with Gasteiger partial charge in [0.15, 0.2) is 5.84 Å². The average Bonchev–Trinajstić information content (AvgIpc) is 2.53. The molecule has 1 heterocycles. The van der Waals surface area contributed by atoms with Gasteiger partial charge in [0.25, 0.3) is 0 Å². The molecule has 0 bridgehead atoms. The number of nitrogens with zero attached hydrogens (tertiary/aromatic N) is 2. The first-order valence-electron chi connectivity index (χ1n) is 6.41. The third-order valence-electron chi connectivity index (χ3n) is 3.21. The molecule has 0 amide bonds. The molecule has 0 radical (unpaired) electrons. The third-order valence-corrected chi connectivity index (χ3v) is 3.21. The topological polar surface area (TPSA) is 83.5 Å². The van der Waals surface area contributed by atoms with E-state index in [1.807, 2.05) is 36.4 Å². The highest BCUT2D eigenvalue weighted by Gasteiger charge is 2.08. The molecule has 0 fully saturated rings. The highest BCUT2D eigenvalue weighted by molar-refractivity contribution is 5.98. The van der Waals surface area contributed by atoms with Crippen molar-refractivity contribution >= 4 is 5.84 Å². The van der Waals surface area contributed by atoms with Gasteiger partial charge < -0.3 is 16.3 Å². The van der Waals surface area contributed by atoms with Crippen LogP contribution in [0.3, 0.4) is 0 Å². The fourth-order valence-corrected chi connectivity index (χ4v) is 2.01. The lowest BCUT2D eigenvalue weighted by Crippen LogP contribution is -2.22. The molecule has 1 atom stereocenters. The summed E-state index contributed by atoms with van der Waals surface area (Å²) in [5.41, 5.74) is 8.57. The van der Waals surface area contributed by atoms with Crippen LogP contribution in [0.25, 0.3) is 0 Å². The van der Waals surface area contributed by atoms with E-state index in [9.17, 15) is 0 Å². The highest BCUT2D eigenvalue weighted by atomic mass is 16.4. The predicted octanol–water partition coefficient (Wildman–Crippen LogP) is 2.03. The lowest BCUT2D eigenvalue weighted by Gasteiger charge is -2.15. The van der Waals surface area contributed by atoms with Gasteiger partial charge in [-0.2, -0.15) is 0 Å². The summed E-state index contributed by atoms with van der Waals surface area (Å²) in [5.74, 6) is 0.124. The van der Waals surface area contributed by atoms with Crippen molar-refractivity contribution in [3.8, 4) is 0 Å². The molecular weight excluding hydrogens is 252 g/mol. The fraction of sp³-hybridized carbons (Fsp3) is 0.200. The Balaban J connectivity index is 2.08. The molecule has 20 heavy (non-hydrogen) atoms. The fourth-order valence-electron chi connectivity index (χ4n) is 2.01. The van der Waals surface area contributed by atoms with E-state index in [0.29, 0.717) is 6.54 Å². The van der Waals surface area contributed by atoms with Crippen LogP contribution < -0.4 is 11.1 Å². The van der Waals surface area contributed by atoms with Crippen LogP contribution in [0.4, 0.5) is 0 Å². The van der Waals surface area contributed by atoms with Crippen molar-refractivity contribution in [2.45, 2.75) is 19.5 Å². The molecule has 0 aliphatic carbocycles. The van der Waals surface area contributed by atoms with E-state index in [2.05, 4.69) is 22.4 Å². The van der Waals surface area contributed by atoms with E-state index in [1.165, 1.54) is 5.56 Å². The molecular formula is C15H18N4O. The molecule has 0 spiro atoms. The summed E-state index contributed by atoms with van der Waals surface area (Å²) < 4.78 is 0. The molecule has 5 nitrogen and oxygen atoms in total.